The summed E-state index contributed by atoms with van der Waals surface area (Å²) in [5, 5.41) is 10.8. The number of benzene rings is 7. The summed E-state index contributed by atoms with van der Waals surface area (Å²) in [6, 6.07) is 54.8. The van der Waals surface area contributed by atoms with Gasteiger partial charge in [0.05, 0.1) is 27.9 Å². The number of hydrogen-bond acceptors (Lipinski definition) is 6. The van der Waals surface area contributed by atoms with Crippen LogP contribution in [-0.2, 0) is 0 Å². The molecule has 2 aromatic heterocycles. The van der Waals surface area contributed by atoms with Gasteiger partial charge in [0.2, 0.25) is 0 Å². The highest BCUT2D eigenvalue weighted by atomic mass is 16.3. The summed E-state index contributed by atoms with van der Waals surface area (Å²) < 4.78 is 2.38. The van der Waals surface area contributed by atoms with Gasteiger partial charge in [0.25, 0.3) is 0 Å². The van der Waals surface area contributed by atoms with Crippen molar-refractivity contribution in [2.45, 2.75) is 0 Å². The minimum absolute atomic E-state index is 0.388. The van der Waals surface area contributed by atoms with Gasteiger partial charge in [-0.15, -0.1) is 9.81 Å². The Morgan fingerprint density at radius 3 is 1.18 bits per heavy atom. The van der Waals surface area contributed by atoms with Crippen LogP contribution in [0.25, 0.3) is 38.1 Å². The molecular formula is C42H27N5O2. The Kier molecular flexibility index (Phi) is 6.62. The predicted molar refractivity (Wildman–Crippen MR) is 201 cm³/mol. The third-order valence-electron chi connectivity index (χ3n) is 9.26. The van der Waals surface area contributed by atoms with Crippen LogP contribution in [0.5, 0.6) is 0 Å². The Morgan fingerprint density at radius 1 is 0.388 bits per heavy atom. The Morgan fingerprint density at radius 2 is 0.776 bits per heavy atom. The number of anilines is 6. The Labute approximate surface area is 281 Å². The van der Waals surface area contributed by atoms with Gasteiger partial charge < -0.3 is 14.2 Å². The van der Waals surface area contributed by atoms with Crippen LogP contribution < -0.4 is 9.80 Å². The average Bonchev–Trinajstić information content (AvgIpc) is 3.70. The first-order valence-electron chi connectivity index (χ1n) is 16.0. The molecule has 0 unspecified atom stereocenters. The third kappa shape index (κ3) is 4.44. The van der Waals surface area contributed by atoms with Crippen LogP contribution >= 0.6 is 0 Å². The molecule has 9 aromatic rings. The fourth-order valence-corrected chi connectivity index (χ4v) is 7.25. The van der Waals surface area contributed by atoms with Gasteiger partial charge in [-0.2, -0.15) is 0 Å². The van der Waals surface area contributed by atoms with Crippen LogP contribution in [0.15, 0.2) is 174 Å². The molecule has 7 aromatic carbocycles. The molecule has 7 heteroatoms. The third-order valence-corrected chi connectivity index (χ3v) is 9.26. The molecule has 0 atom stereocenters. The minimum Gasteiger partial charge on any atom is -0.310 e. The topological polar surface area (TPSA) is 69.8 Å². The number of nitrogens with zero attached hydrogens (tertiary/aromatic N) is 5. The molecular weight excluding hydrogens is 606 g/mol. The van der Waals surface area contributed by atoms with Crippen molar-refractivity contribution < 1.29 is 0 Å². The molecule has 0 amide bonds. The lowest BCUT2D eigenvalue weighted by Gasteiger charge is -2.27. The Balaban J connectivity index is 1.34. The van der Waals surface area contributed by atoms with E-state index >= 15 is 0 Å². The fourth-order valence-electron chi connectivity index (χ4n) is 7.25. The lowest BCUT2D eigenvalue weighted by molar-refractivity contribution is 1.29. The van der Waals surface area contributed by atoms with Crippen LogP contribution in [0.2, 0.25) is 0 Å². The summed E-state index contributed by atoms with van der Waals surface area (Å²) in [7, 11) is 0. The molecule has 9 rings (SSSR count). The fraction of sp³-hybridized carbons (Fsp3) is 0. The summed E-state index contributed by atoms with van der Waals surface area (Å²) in [6.45, 7) is 0. The van der Waals surface area contributed by atoms with E-state index in [2.05, 4.69) is 103 Å². The number of para-hydroxylation sites is 3. The first-order chi connectivity index (χ1) is 24.2. The summed E-state index contributed by atoms with van der Waals surface area (Å²) >= 11 is 0. The largest absolute Gasteiger partial charge is 0.310 e. The molecule has 0 bridgehead atoms. The highest BCUT2D eigenvalue weighted by Gasteiger charge is 2.25. The second kappa shape index (κ2) is 11.4. The van der Waals surface area contributed by atoms with Gasteiger partial charge in [0.1, 0.15) is 11.4 Å². The molecule has 0 spiro atoms. The molecule has 0 saturated heterocycles. The molecule has 0 fully saturated rings. The maximum Gasteiger partial charge on any atom is 0.108 e. The normalized spacial score (nSPS) is 11.4. The molecule has 232 valence electrons. The molecule has 2 heterocycles. The smallest absolute Gasteiger partial charge is 0.108 e. The molecule has 0 saturated carbocycles. The molecule has 0 N–H and O–H groups in total. The van der Waals surface area contributed by atoms with E-state index in [1.165, 1.54) is 0 Å². The predicted octanol–water partition coefficient (Wildman–Crippen LogP) is 12.6. The zero-order chi connectivity index (χ0) is 32.9. The summed E-state index contributed by atoms with van der Waals surface area (Å²) in [6.07, 6.45) is 0. The van der Waals surface area contributed by atoms with Gasteiger partial charge in [-0.05, 0) is 107 Å². The summed E-state index contributed by atoms with van der Waals surface area (Å²) in [4.78, 5) is 27.0. The Hall–Kier alpha value is -6.86. The van der Waals surface area contributed by atoms with Gasteiger partial charge in [0, 0.05) is 44.3 Å². The van der Waals surface area contributed by atoms with Crippen molar-refractivity contribution >= 4 is 83.6 Å². The van der Waals surface area contributed by atoms with Crippen molar-refractivity contribution in [3.63, 3.8) is 0 Å². The number of rotatable bonds is 8. The highest BCUT2D eigenvalue weighted by molar-refractivity contribution is 6.28. The monoisotopic (exact) mass is 633 g/mol. The lowest BCUT2D eigenvalue weighted by atomic mass is 10.0. The first-order valence-corrected chi connectivity index (χ1v) is 16.0. The van der Waals surface area contributed by atoms with Crippen molar-refractivity contribution in [1.29, 1.82) is 0 Å². The van der Waals surface area contributed by atoms with Crippen molar-refractivity contribution in [3.8, 4) is 0 Å². The van der Waals surface area contributed by atoms with E-state index in [9.17, 15) is 9.81 Å². The van der Waals surface area contributed by atoms with Gasteiger partial charge >= 0.3 is 0 Å². The maximum absolute atomic E-state index is 11.3. The molecule has 0 aliphatic rings. The van der Waals surface area contributed by atoms with Crippen molar-refractivity contribution in [2.75, 3.05) is 9.80 Å². The van der Waals surface area contributed by atoms with Gasteiger partial charge in [-0.25, -0.2) is 0 Å². The maximum atomic E-state index is 11.3. The van der Waals surface area contributed by atoms with Crippen LogP contribution in [-0.4, -0.2) is 4.40 Å². The van der Waals surface area contributed by atoms with E-state index < -0.39 is 0 Å². The Bertz CT molecular complexity index is 2460. The van der Waals surface area contributed by atoms with Gasteiger partial charge in [0.15, 0.2) is 0 Å². The lowest BCUT2D eigenvalue weighted by Crippen LogP contribution is -2.10. The van der Waals surface area contributed by atoms with E-state index in [0.29, 0.717) is 11.4 Å². The first kappa shape index (κ1) is 28.4. The highest BCUT2D eigenvalue weighted by Crippen LogP contribution is 2.49. The van der Waals surface area contributed by atoms with E-state index in [0.717, 1.165) is 72.2 Å². The van der Waals surface area contributed by atoms with Crippen molar-refractivity contribution in [1.82, 2.24) is 4.40 Å². The minimum atomic E-state index is 0.388. The molecule has 0 radical (unpaired) electrons. The van der Waals surface area contributed by atoms with Gasteiger partial charge in [-0.3, -0.25) is 0 Å². The summed E-state index contributed by atoms with van der Waals surface area (Å²) in [5.74, 6) is 0. The summed E-state index contributed by atoms with van der Waals surface area (Å²) in [5.41, 5.74) is 10.0. The van der Waals surface area contributed by atoms with E-state index in [1.54, 1.807) is 24.3 Å². The van der Waals surface area contributed by atoms with Crippen LogP contribution in [0, 0.1) is 9.81 Å². The average molecular weight is 634 g/mol. The molecule has 0 aliphatic heterocycles. The quantitative estimate of drug-likeness (QED) is 0.156. The number of fused-ring (bicyclic) bond motifs is 6. The molecule has 7 nitrogen and oxygen atoms in total. The molecule has 49 heavy (non-hydrogen) atoms. The van der Waals surface area contributed by atoms with Crippen molar-refractivity contribution in [2.24, 2.45) is 10.4 Å². The second-order valence-corrected chi connectivity index (χ2v) is 11.9. The SMILES string of the molecule is O=Nc1ccc(N(c2ccccc2)c2cccc3c2c2cccc4c5c(N(c6ccccc6)c6ccc(N=O)cc6)cccc5n3c24)cc1. The zero-order valence-corrected chi connectivity index (χ0v) is 26.1. The van der Waals surface area contributed by atoms with Crippen LogP contribution in [0.4, 0.5) is 45.5 Å². The van der Waals surface area contributed by atoms with Crippen LogP contribution in [0.1, 0.15) is 0 Å². The number of nitroso groups, excluding NO2 is 2. The van der Waals surface area contributed by atoms with E-state index in [4.69, 9.17) is 0 Å². The zero-order valence-electron chi connectivity index (χ0n) is 26.1. The molecule has 0 aliphatic carbocycles. The van der Waals surface area contributed by atoms with E-state index in [-0.39, 0.29) is 0 Å². The number of aromatic nitrogens is 1. The number of hydrogen-bond donors (Lipinski definition) is 0. The van der Waals surface area contributed by atoms with E-state index in [1.807, 2.05) is 60.7 Å². The van der Waals surface area contributed by atoms with Crippen LogP contribution in [0.3, 0.4) is 0 Å². The standard InChI is InChI=1S/C42H27N5O2/c48-43-28-20-24-32(25-21-28)45(30-10-3-1-4-11-30)36-16-8-18-38-40(36)34-14-7-15-35-41-37(17-9-19-39(41)47(38)42(34)35)46(31-12-5-2-6-13-31)33-26-22-29(44-49)23-27-33/h1-27H. The second-order valence-electron chi connectivity index (χ2n) is 11.9. The van der Waals surface area contributed by atoms with Crippen molar-refractivity contribution in [3.05, 3.63) is 174 Å². The van der Waals surface area contributed by atoms with Gasteiger partial charge in [-0.1, -0.05) is 66.7 Å².